The highest BCUT2D eigenvalue weighted by Crippen LogP contribution is 2.26. The van der Waals surface area contributed by atoms with E-state index >= 15 is 0 Å². The van der Waals surface area contributed by atoms with E-state index < -0.39 is 5.97 Å². The normalized spacial score (nSPS) is 19.1. The van der Waals surface area contributed by atoms with Crippen LogP contribution in [-0.4, -0.2) is 35.8 Å². The maximum Gasteiger partial charge on any atom is 0.356 e. The van der Waals surface area contributed by atoms with E-state index in [-0.39, 0.29) is 11.6 Å². The summed E-state index contributed by atoms with van der Waals surface area (Å²) in [5.41, 5.74) is 0.906. The molecule has 1 aromatic rings. The average Bonchev–Trinajstić information content (AvgIpc) is 2.79. The zero-order chi connectivity index (χ0) is 13.1. The van der Waals surface area contributed by atoms with Crippen LogP contribution in [-0.2, 0) is 9.53 Å². The number of esters is 1. The molecule has 18 heavy (non-hydrogen) atoms. The molecule has 0 N–H and O–H groups in total. The number of rotatable bonds is 3. The Morgan fingerprint density at radius 3 is 3.06 bits per heavy atom. The highest BCUT2D eigenvalue weighted by Gasteiger charge is 2.30. The Kier molecular flexibility index (Phi) is 3.96. The van der Waals surface area contributed by atoms with Gasteiger partial charge in [-0.1, -0.05) is 15.9 Å². The van der Waals surface area contributed by atoms with Crippen molar-refractivity contribution in [2.75, 3.05) is 23.9 Å². The number of carbonyl (C=O) groups excluding carboxylic acids is 2. The SMILES string of the molecule is COC(=O)c1cc(N2CC(CBr)CC2=O)ccn1. The molecule has 1 aromatic heterocycles. The predicted octanol–water partition coefficient (Wildman–Crippen LogP) is 1.62. The van der Waals surface area contributed by atoms with Gasteiger partial charge >= 0.3 is 5.97 Å². The van der Waals surface area contributed by atoms with Gasteiger partial charge in [0.05, 0.1) is 7.11 Å². The molecular formula is C12H13BrN2O3. The van der Waals surface area contributed by atoms with Crippen molar-refractivity contribution in [3.8, 4) is 0 Å². The second-order valence-corrected chi connectivity index (χ2v) is 4.77. The first-order valence-corrected chi connectivity index (χ1v) is 6.68. The molecule has 2 rings (SSSR count). The Labute approximate surface area is 113 Å². The van der Waals surface area contributed by atoms with Gasteiger partial charge in [-0.2, -0.15) is 0 Å². The molecule has 5 nitrogen and oxygen atoms in total. The number of amides is 1. The summed E-state index contributed by atoms with van der Waals surface area (Å²) in [6.45, 7) is 0.661. The molecule has 1 aliphatic heterocycles. The minimum absolute atomic E-state index is 0.0708. The number of hydrogen-bond donors (Lipinski definition) is 0. The predicted molar refractivity (Wildman–Crippen MR) is 69.8 cm³/mol. The lowest BCUT2D eigenvalue weighted by molar-refractivity contribution is -0.117. The van der Waals surface area contributed by atoms with Gasteiger partial charge in [0.1, 0.15) is 5.69 Å². The van der Waals surface area contributed by atoms with Crippen molar-refractivity contribution >= 4 is 33.5 Å². The van der Waals surface area contributed by atoms with Gasteiger partial charge in [-0.05, 0) is 18.1 Å². The Balaban J connectivity index is 2.24. The minimum atomic E-state index is -0.500. The Morgan fingerprint density at radius 1 is 1.67 bits per heavy atom. The first-order chi connectivity index (χ1) is 8.65. The highest BCUT2D eigenvalue weighted by atomic mass is 79.9. The topological polar surface area (TPSA) is 59.5 Å². The summed E-state index contributed by atoms with van der Waals surface area (Å²) in [6, 6.07) is 3.31. The van der Waals surface area contributed by atoms with Crippen LogP contribution in [0.4, 0.5) is 5.69 Å². The van der Waals surface area contributed by atoms with Gasteiger partial charge in [-0.25, -0.2) is 9.78 Å². The van der Waals surface area contributed by atoms with E-state index in [1.54, 1.807) is 17.0 Å². The molecular weight excluding hydrogens is 300 g/mol. The second kappa shape index (κ2) is 5.48. The van der Waals surface area contributed by atoms with E-state index in [1.165, 1.54) is 13.3 Å². The number of hydrogen-bond acceptors (Lipinski definition) is 4. The van der Waals surface area contributed by atoms with Crippen molar-refractivity contribution < 1.29 is 14.3 Å². The Bertz CT molecular complexity index is 478. The molecule has 2 heterocycles. The molecule has 0 aromatic carbocycles. The standard InChI is InChI=1S/C12H13BrN2O3/c1-18-12(17)10-5-9(2-3-14-10)15-7-8(6-13)4-11(15)16/h2-3,5,8H,4,6-7H2,1H3. The van der Waals surface area contributed by atoms with E-state index in [1.807, 2.05) is 0 Å². The molecule has 0 saturated carbocycles. The molecule has 0 spiro atoms. The fourth-order valence-corrected chi connectivity index (χ4v) is 2.37. The van der Waals surface area contributed by atoms with Gasteiger partial charge in [0.15, 0.2) is 0 Å². The summed E-state index contributed by atoms with van der Waals surface area (Å²) in [5.74, 6) is -0.116. The smallest absolute Gasteiger partial charge is 0.356 e. The molecule has 6 heteroatoms. The quantitative estimate of drug-likeness (QED) is 0.628. The zero-order valence-corrected chi connectivity index (χ0v) is 11.5. The summed E-state index contributed by atoms with van der Waals surface area (Å²) in [6.07, 6.45) is 2.04. The second-order valence-electron chi connectivity index (χ2n) is 4.12. The fraction of sp³-hybridized carbons (Fsp3) is 0.417. The number of nitrogens with zero attached hydrogens (tertiary/aromatic N) is 2. The van der Waals surface area contributed by atoms with Gasteiger partial charge in [-0.3, -0.25) is 4.79 Å². The summed E-state index contributed by atoms with van der Waals surface area (Å²) >= 11 is 3.39. The van der Waals surface area contributed by atoms with Crippen molar-refractivity contribution in [1.29, 1.82) is 0 Å². The number of anilines is 1. The van der Waals surface area contributed by atoms with Crippen LogP contribution < -0.4 is 4.90 Å². The van der Waals surface area contributed by atoms with Crippen molar-refractivity contribution in [2.24, 2.45) is 5.92 Å². The van der Waals surface area contributed by atoms with Gasteiger partial charge in [0.2, 0.25) is 5.91 Å². The number of methoxy groups -OCH3 is 1. The minimum Gasteiger partial charge on any atom is -0.464 e. The van der Waals surface area contributed by atoms with Crippen LogP contribution in [0.15, 0.2) is 18.3 Å². The molecule has 96 valence electrons. The molecule has 1 fully saturated rings. The van der Waals surface area contributed by atoms with Crippen molar-refractivity contribution in [3.05, 3.63) is 24.0 Å². The van der Waals surface area contributed by atoms with Crippen molar-refractivity contribution in [3.63, 3.8) is 0 Å². The number of alkyl halides is 1. The van der Waals surface area contributed by atoms with E-state index in [9.17, 15) is 9.59 Å². The summed E-state index contributed by atoms with van der Waals surface area (Å²) in [5, 5.41) is 0.796. The van der Waals surface area contributed by atoms with Gasteiger partial charge in [-0.15, -0.1) is 0 Å². The summed E-state index contributed by atoms with van der Waals surface area (Å²) < 4.78 is 4.61. The fourth-order valence-electron chi connectivity index (χ4n) is 1.94. The van der Waals surface area contributed by atoms with E-state index in [0.717, 1.165) is 5.33 Å². The van der Waals surface area contributed by atoms with E-state index in [2.05, 4.69) is 25.7 Å². The summed E-state index contributed by atoms with van der Waals surface area (Å²) in [7, 11) is 1.30. The van der Waals surface area contributed by atoms with Crippen molar-refractivity contribution in [1.82, 2.24) is 4.98 Å². The van der Waals surface area contributed by atoms with E-state index in [0.29, 0.717) is 24.6 Å². The molecule has 1 unspecified atom stereocenters. The third kappa shape index (κ3) is 2.53. The third-order valence-corrected chi connectivity index (χ3v) is 3.79. The van der Waals surface area contributed by atoms with Gasteiger partial charge in [0, 0.05) is 30.2 Å². The van der Waals surface area contributed by atoms with Gasteiger partial charge in [0.25, 0.3) is 0 Å². The lowest BCUT2D eigenvalue weighted by atomic mass is 10.2. The lowest BCUT2D eigenvalue weighted by Gasteiger charge is -2.16. The summed E-state index contributed by atoms with van der Waals surface area (Å²) in [4.78, 5) is 28.9. The van der Waals surface area contributed by atoms with Gasteiger partial charge < -0.3 is 9.64 Å². The molecule has 1 aliphatic rings. The molecule has 0 aliphatic carbocycles. The number of pyridine rings is 1. The van der Waals surface area contributed by atoms with Crippen LogP contribution in [0.25, 0.3) is 0 Å². The van der Waals surface area contributed by atoms with Crippen LogP contribution in [0.1, 0.15) is 16.9 Å². The number of halogens is 1. The Hall–Kier alpha value is -1.43. The Morgan fingerprint density at radius 2 is 2.44 bits per heavy atom. The molecule has 0 radical (unpaired) electrons. The van der Waals surface area contributed by atoms with Crippen LogP contribution >= 0.6 is 15.9 Å². The number of aromatic nitrogens is 1. The third-order valence-electron chi connectivity index (χ3n) is 2.87. The van der Waals surface area contributed by atoms with Crippen molar-refractivity contribution in [2.45, 2.75) is 6.42 Å². The van der Waals surface area contributed by atoms with Crippen LogP contribution in [0.2, 0.25) is 0 Å². The number of ether oxygens (including phenoxy) is 1. The monoisotopic (exact) mass is 312 g/mol. The molecule has 1 atom stereocenters. The molecule has 1 amide bonds. The molecule has 1 saturated heterocycles. The maximum absolute atomic E-state index is 11.9. The zero-order valence-electron chi connectivity index (χ0n) is 9.93. The average molecular weight is 313 g/mol. The highest BCUT2D eigenvalue weighted by molar-refractivity contribution is 9.09. The largest absolute Gasteiger partial charge is 0.464 e. The van der Waals surface area contributed by atoms with E-state index in [4.69, 9.17) is 0 Å². The molecule has 0 bridgehead atoms. The number of carbonyl (C=O) groups is 2. The lowest BCUT2D eigenvalue weighted by Crippen LogP contribution is -2.25. The van der Waals surface area contributed by atoms with Crippen LogP contribution in [0.3, 0.4) is 0 Å². The first-order valence-electron chi connectivity index (χ1n) is 5.56. The van der Waals surface area contributed by atoms with Crippen LogP contribution in [0.5, 0.6) is 0 Å². The van der Waals surface area contributed by atoms with Crippen LogP contribution in [0, 0.1) is 5.92 Å². The maximum atomic E-state index is 11.9. The first kappa shape index (κ1) is 13.0.